The summed E-state index contributed by atoms with van der Waals surface area (Å²) in [6.45, 7) is 2.04. The number of para-hydroxylation sites is 2. The molecule has 84 valence electrons. The van der Waals surface area contributed by atoms with Crippen molar-refractivity contribution in [3.63, 3.8) is 0 Å². The van der Waals surface area contributed by atoms with Gasteiger partial charge in [-0.1, -0.05) is 23.7 Å². The minimum Gasteiger partial charge on any atom is -0.338 e. The number of nitrogens with zero attached hydrogens (tertiary/aromatic N) is 1. The molecular formula is C14H11ClN2. The highest BCUT2D eigenvalue weighted by Gasteiger charge is 2.07. The average molecular weight is 243 g/mol. The Morgan fingerprint density at radius 1 is 1.12 bits per heavy atom. The molecule has 0 radical (unpaired) electrons. The zero-order valence-electron chi connectivity index (χ0n) is 9.37. The fourth-order valence-electron chi connectivity index (χ4n) is 1.97. The third kappa shape index (κ3) is 1.81. The van der Waals surface area contributed by atoms with Crippen LogP contribution in [0.4, 0.5) is 0 Å². The Balaban J connectivity index is 2.20. The Morgan fingerprint density at radius 3 is 2.71 bits per heavy atom. The number of H-pyrrole nitrogens is 1. The third-order valence-corrected chi connectivity index (χ3v) is 3.07. The Kier molecular flexibility index (Phi) is 2.37. The molecule has 3 rings (SSSR count). The van der Waals surface area contributed by atoms with Gasteiger partial charge in [0.05, 0.1) is 11.0 Å². The van der Waals surface area contributed by atoms with E-state index in [4.69, 9.17) is 11.6 Å². The van der Waals surface area contributed by atoms with Crippen molar-refractivity contribution in [1.29, 1.82) is 0 Å². The molecule has 0 unspecified atom stereocenters. The number of benzene rings is 2. The van der Waals surface area contributed by atoms with E-state index in [1.807, 2.05) is 49.4 Å². The van der Waals surface area contributed by atoms with Crippen LogP contribution < -0.4 is 0 Å². The number of halogens is 1. The van der Waals surface area contributed by atoms with Crippen molar-refractivity contribution in [3.8, 4) is 11.4 Å². The summed E-state index contributed by atoms with van der Waals surface area (Å²) in [5, 5.41) is 0.752. The molecule has 0 aliphatic carbocycles. The van der Waals surface area contributed by atoms with Crippen LogP contribution >= 0.6 is 11.6 Å². The van der Waals surface area contributed by atoms with E-state index in [1.165, 1.54) is 0 Å². The fourth-order valence-corrected chi connectivity index (χ4v) is 2.20. The number of aryl methyl sites for hydroxylation is 1. The third-order valence-electron chi connectivity index (χ3n) is 2.83. The fraction of sp³-hybridized carbons (Fsp3) is 0.0714. The van der Waals surface area contributed by atoms with Gasteiger partial charge in [-0.25, -0.2) is 4.98 Å². The van der Waals surface area contributed by atoms with Gasteiger partial charge in [0, 0.05) is 10.6 Å². The number of hydrogen-bond donors (Lipinski definition) is 1. The number of hydrogen-bond acceptors (Lipinski definition) is 1. The average Bonchev–Trinajstić information content (AvgIpc) is 2.72. The topological polar surface area (TPSA) is 28.7 Å². The van der Waals surface area contributed by atoms with Gasteiger partial charge in [0.25, 0.3) is 0 Å². The molecule has 1 aromatic heterocycles. The van der Waals surface area contributed by atoms with E-state index in [0.29, 0.717) is 0 Å². The van der Waals surface area contributed by atoms with Crippen molar-refractivity contribution < 1.29 is 0 Å². The Bertz CT molecular complexity index is 653. The monoisotopic (exact) mass is 242 g/mol. The van der Waals surface area contributed by atoms with Crippen molar-refractivity contribution in [3.05, 3.63) is 53.1 Å². The van der Waals surface area contributed by atoms with Crippen LogP contribution in [0, 0.1) is 6.92 Å². The maximum absolute atomic E-state index is 5.95. The Morgan fingerprint density at radius 2 is 1.94 bits per heavy atom. The molecule has 3 aromatic rings. The molecule has 2 aromatic carbocycles. The highest BCUT2D eigenvalue weighted by atomic mass is 35.5. The minimum atomic E-state index is 0.752. The molecule has 0 aliphatic rings. The number of rotatable bonds is 1. The Hall–Kier alpha value is -1.80. The summed E-state index contributed by atoms with van der Waals surface area (Å²) in [6.07, 6.45) is 0. The minimum absolute atomic E-state index is 0.752. The van der Waals surface area contributed by atoms with Crippen molar-refractivity contribution in [2.24, 2.45) is 0 Å². The summed E-state index contributed by atoms with van der Waals surface area (Å²) in [6, 6.07) is 13.8. The van der Waals surface area contributed by atoms with Crippen LogP contribution in [-0.4, -0.2) is 9.97 Å². The highest BCUT2D eigenvalue weighted by molar-refractivity contribution is 6.30. The predicted octanol–water partition coefficient (Wildman–Crippen LogP) is 4.19. The summed E-state index contributed by atoms with van der Waals surface area (Å²) >= 11 is 5.95. The lowest BCUT2D eigenvalue weighted by atomic mass is 10.1. The van der Waals surface area contributed by atoms with Gasteiger partial charge >= 0.3 is 0 Å². The molecule has 0 aliphatic heterocycles. The van der Waals surface area contributed by atoms with Gasteiger partial charge in [-0.05, 0) is 42.8 Å². The second kappa shape index (κ2) is 3.90. The summed E-state index contributed by atoms with van der Waals surface area (Å²) in [4.78, 5) is 7.89. The van der Waals surface area contributed by atoms with Gasteiger partial charge in [-0.3, -0.25) is 0 Å². The predicted molar refractivity (Wildman–Crippen MR) is 71.3 cm³/mol. The molecule has 0 saturated carbocycles. The van der Waals surface area contributed by atoms with E-state index < -0.39 is 0 Å². The van der Waals surface area contributed by atoms with Crippen molar-refractivity contribution >= 4 is 22.6 Å². The van der Waals surface area contributed by atoms with Crippen LogP contribution in [0.2, 0.25) is 5.02 Å². The zero-order chi connectivity index (χ0) is 11.8. The Labute approximate surface area is 104 Å². The van der Waals surface area contributed by atoms with Gasteiger partial charge in [-0.15, -0.1) is 0 Å². The van der Waals surface area contributed by atoms with Gasteiger partial charge < -0.3 is 4.98 Å². The first-order chi connectivity index (χ1) is 8.24. The molecule has 0 bridgehead atoms. The number of imidazole rings is 1. The number of nitrogens with one attached hydrogen (secondary N) is 1. The first kappa shape index (κ1) is 10.4. The lowest BCUT2D eigenvalue weighted by Gasteiger charge is -2.02. The van der Waals surface area contributed by atoms with E-state index in [-0.39, 0.29) is 0 Å². The van der Waals surface area contributed by atoms with E-state index >= 15 is 0 Å². The van der Waals surface area contributed by atoms with Crippen molar-refractivity contribution in [1.82, 2.24) is 9.97 Å². The van der Waals surface area contributed by atoms with Crippen LogP contribution in [0.25, 0.3) is 22.4 Å². The molecule has 0 spiro atoms. The van der Waals surface area contributed by atoms with E-state index in [9.17, 15) is 0 Å². The van der Waals surface area contributed by atoms with Gasteiger partial charge in [0.1, 0.15) is 5.82 Å². The van der Waals surface area contributed by atoms with E-state index in [1.54, 1.807) is 0 Å². The molecule has 0 atom stereocenters. The first-order valence-corrected chi connectivity index (χ1v) is 5.83. The lowest BCUT2D eigenvalue weighted by Crippen LogP contribution is -1.84. The quantitative estimate of drug-likeness (QED) is 0.681. The highest BCUT2D eigenvalue weighted by Crippen LogP contribution is 2.25. The number of fused-ring (bicyclic) bond motifs is 1. The molecule has 1 N–H and O–H groups in total. The normalized spacial score (nSPS) is 10.9. The standard InChI is InChI=1S/C14H11ClN2/c1-9-8-10(15)6-7-11(9)14-16-12-4-2-3-5-13(12)17-14/h2-8H,1H3,(H,16,17). The summed E-state index contributed by atoms with van der Waals surface area (Å²) in [5.74, 6) is 0.889. The van der Waals surface area contributed by atoms with Crippen molar-refractivity contribution in [2.75, 3.05) is 0 Å². The summed E-state index contributed by atoms with van der Waals surface area (Å²) in [5.41, 5.74) is 4.25. The molecular weight excluding hydrogens is 232 g/mol. The number of aromatic amines is 1. The smallest absolute Gasteiger partial charge is 0.138 e. The molecule has 1 heterocycles. The lowest BCUT2D eigenvalue weighted by molar-refractivity contribution is 1.31. The van der Waals surface area contributed by atoms with Crippen LogP contribution in [0.15, 0.2) is 42.5 Å². The van der Waals surface area contributed by atoms with Crippen molar-refractivity contribution in [2.45, 2.75) is 6.92 Å². The molecule has 0 saturated heterocycles. The molecule has 3 heteroatoms. The maximum atomic E-state index is 5.95. The van der Waals surface area contributed by atoms with Gasteiger partial charge in [-0.2, -0.15) is 0 Å². The van der Waals surface area contributed by atoms with Crippen LogP contribution in [0.3, 0.4) is 0 Å². The maximum Gasteiger partial charge on any atom is 0.138 e. The largest absolute Gasteiger partial charge is 0.338 e. The molecule has 2 nitrogen and oxygen atoms in total. The molecule has 0 fully saturated rings. The summed E-state index contributed by atoms with van der Waals surface area (Å²) in [7, 11) is 0. The summed E-state index contributed by atoms with van der Waals surface area (Å²) < 4.78 is 0. The van der Waals surface area contributed by atoms with Gasteiger partial charge in [0.2, 0.25) is 0 Å². The van der Waals surface area contributed by atoms with Crippen LogP contribution in [0.5, 0.6) is 0 Å². The number of aromatic nitrogens is 2. The molecule has 0 amide bonds. The van der Waals surface area contributed by atoms with Crippen LogP contribution in [-0.2, 0) is 0 Å². The molecule has 17 heavy (non-hydrogen) atoms. The first-order valence-electron chi connectivity index (χ1n) is 5.45. The second-order valence-corrected chi connectivity index (χ2v) is 4.50. The van der Waals surface area contributed by atoms with Crippen LogP contribution in [0.1, 0.15) is 5.56 Å². The SMILES string of the molecule is Cc1cc(Cl)ccc1-c1nc2ccccc2[nH]1. The zero-order valence-corrected chi connectivity index (χ0v) is 10.1. The van der Waals surface area contributed by atoms with E-state index in [2.05, 4.69) is 9.97 Å². The van der Waals surface area contributed by atoms with E-state index in [0.717, 1.165) is 33.0 Å². The van der Waals surface area contributed by atoms with Gasteiger partial charge in [0.15, 0.2) is 0 Å². The second-order valence-electron chi connectivity index (χ2n) is 4.06.